The van der Waals surface area contributed by atoms with E-state index in [0.29, 0.717) is 6.04 Å². The van der Waals surface area contributed by atoms with Crippen molar-refractivity contribution in [2.75, 3.05) is 0 Å². The van der Waals surface area contributed by atoms with E-state index in [9.17, 15) is 0 Å². The summed E-state index contributed by atoms with van der Waals surface area (Å²) in [4.78, 5) is 5.97. The molecule has 4 nitrogen and oxygen atoms in total. The Kier molecular flexibility index (Phi) is 3.91. The average Bonchev–Trinajstić information content (AvgIpc) is 2.96. The summed E-state index contributed by atoms with van der Waals surface area (Å²) >= 11 is 1.54. The zero-order valence-electron chi connectivity index (χ0n) is 9.63. The van der Waals surface area contributed by atoms with Crippen LogP contribution in [0.15, 0.2) is 30.9 Å². The van der Waals surface area contributed by atoms with Gasteiger partial charge in [0.1, 0.15) is 10.9 Å². The molecule has 0 aliphatic rings. The van der Waals surface area contributed by atoms with Crippen molar-refractivity contribution in [3.05, 3.63) is 40.6 Å². The highest BCUT2D eigenvalue weighted by molar-refractivity contribution is 7.12. The second kappa shape index (κ2) is 5.62. The number of rotatable bonds is 5. The Balaban J connectivity index is 1.80. The van der Waals surface area contributed by atoms with Crippen LogP contribution in [0.3, 0.4) is 0 Å². The fourth-order valence-corrected chi connectivity index (χ4v) is 2.34. The Labute approximate surface area is 105 Å². The number of hydrogen-bond acceptors (Lipinski definition) is 4. The smallest absolute Gasteiger partial charge is 0.110 e. The van der Waals surface area contributed by atoms with Gasteiger partial charge in [-0.25, -0.2) is 4.98 Å². The van der Waals surface area contributed by atoms with Crippen LogP contribution in [0.1, 0.15) is 16.7 Å². The first kappa shape index (κ1) is 11.8. The first-order valence-electron chi connectivity index (χ1n) is 5.46. The molecule has 1 unspecified atom stereocenters. The first-order valence-corrected chi connectivity index (χ1v) is 6.27. The van der Waals surface area contributed by atoms with Gasteiger partial charge in [-0.2, -0.15) is 5.26 Å². The molecule has 1 atom stereocenters. The Hall–Kier alpha value is -1.64. The highest BCUT2D eigenvalue weighted by Gasteiger charge is 2.04. The minimum Gasteiger partial charge on any atom is -0.336 e. The molecule has 0 bridgehead atoms. The number of nitriles is 1. The summed E-state index contributed by atoms with van der Waals surface area (Å²) in [6.07, 6.45) is 5.55. The zero-order valence-corrected chi connectivity index (χ0v) is 10.4. The summed E-state index contributed by atoms with van der Waals surface area (Å²) < 4.78 is 2.05. The number of aromatic nitrogens is 2. The lowest BCUT2D eigenvalue weighted by molar-refractivity contribution is 0.478. The fraction of sp³-hybridized carbons (Fsp3) is 0.333. The number of nitrogens with one attached hydrogen (secondary N) is 1. The summed E-state index contributed by atoms with van der Waals surface area (Å²) in [5.41, 5.74) is 0. The van der Waals surface area contributed by atoms with Crippen molar-refractivity contribution in [1.82, 2.24) is 14.9 Å². The molecule has 0 fully saturated rings. The molecule has 0 saturated carbocycles. The Morgan fingerprint density at radius 2 is 2.47 bits per heavy atom. The minimum atomic E-state index is 0.372. The van der Waals surface area contributed by atoms with Crippen LogP contribution in [0.5, 0.6) is 0 Å². The van der Waals surface area contributed by atoms with Crippen LogP contribution < -0.4 is 5.32 Å². The van der Waals surface area contributed by atoms with Gasteiger partial charge in [0, 0.05) is 36.4 Å². The summed E-state index contributed by atoms with van der Waals surface area (Å²) in [5, 5.41) is 12.2. The van der Waals surface area contributed by atoms with Gasteiger partial charge in [-0.05, 0) is 19.1 Å². The topological polar surface area (TPSA) is 53.6 Å². The summed E-state index contributed by atoms with van der Waals surface area (Å²) in [6.45, 7) is 3.84. The second-order valence-corrected chi connectivity index (χ2v) is 5.09. The third-order valence-corrected chi connectivity index (χ3v) is 3.43. The normalized spacial score (nSPS) is 12.2. The van der Waals surface area contributed by atoms with Crippen molar-refractivity contribution in [2.24, 2.45) is 0 Å². The molecule has 5 heteroatoms. The molecule has 0 saturated heterocycles. The maximum absolute atomic E-state index is 8.73. The van der Waals surface area contributed by atoms with Gasteiger partial charge in [0.2, 0.25) is 0 Å². The van der Waals surface area contributed by atoms with Gasteiger partial charge >= 0.3 is 0 Å². The summed E-state index contributed by atoms with van der Waals surface area (Å²) in [7, 11) is 0. The maximum atomic E-state index is 8.73. The summed E-state index contributed by atoms with van der Waals surface area (Å²) in [5.74, 6) is 0. The molecule has 2 aromatic heterocycles. The van der Waals surface area contributed by atoms with Crippen LogP contribution in [0.4, 0.5) is 0 Å². The van der Waals surface area contributed by atoms with E-state index in [2.05, 4.69) is 23.3 Å². The van der Waals surface area contributed by atoms with Crippen molar-refractivity contribution in [3.8, 4) is 6.07 Å². The minimum absolute atomic E-state index is 0.372. The number of thiophene rings is 1. The van der Waals surface area contributed by atoms with Gasteiger partial charge in [-0.3, -0.25) is 0 Å². The van der Waals surface area contributed by atoms with E-state index in [1.165, 1.54) is 4.88 Å². The molecule has 0 aliphatic heterocycles. The molecular formula is C12H14N4S. The van der Waals surface area contributed by atoms with E-state index in [1.54, 1.807) is 17.5 Å². The van der Waals surface area contributed by atoms with Gasteiger partial charge < -0.3 is 9.88 Å². The van der Waals surface area contributed by atoms with Gasteiger partial charge in [0.15, 0.2) is 0 Å². The molecule has 0 radical (unpaired) electrons. The van der Waals surface area contributed by atoms with E-state index in [0.717, 1.165) is 18.0 Å². The van der Waals surface area contributed by atoms with Gasteiger partial charge in [-0.1, -0.05) is 0 Å². The first-order chi connectivity index (χ1) is 8.28. The van der Waals surface area contributed by atoms with E-state index in [1.807, 2.05) is 29.2 Å². The van der Waals surface area contributed by atoms with Crippen LogP contribution in [-0.4, -0.2) is 15.6 Å². The molecule has 0 amide bonds. The van der Waals surface area contributed by atoms with E-state index in [-0.39, 0.29) is 0 Å². The summed E-state index contributed by atoms with van der Waals surface area (Å²) in [6, 6.07) is 6.39. The number of hydrogen-bond donors (Lipinski definition) is 1. The molecular weight excluding hydrogens is 232 g/mol. The maximum Gasteiger partial charge on any atom is 0.110 e. The average molecular weight is 246 g/mol. The Bertz CT molecular complexity index is 495. The molecule has 0 aliphatic carbocycles. The van der Waals surface area contributed by atoms with Gasteiger partial charge in [0.05, 0.1) is 6.33 Å². The van der Waals surface area contributed by atoms with E-state index < -0.39 is 0 Å². The lowest BCUT2D eigenvalue weighted by Gasteiger charge is -2.13. The predicted octanol–water partition coefficient (Wildman–Crippen LogP) is 1.99. The number of nitrogens with zero attached hydrogens (tertiary/aromatic N) is 3. The van der Waals surface area contributed by atoms with Crippen LogP contribution >= 0.6 is 11.3 Å². The van der Waals surface area contributed by atoms with Crippen molar-refractivity contribution >= 4 is 11.3 Å². The van der Waals surface area contributed by atoms with Crippen molar-refractivity contribution in [1.29, 1.82) is 5.26 Å². The molecule has 0 spiro atoms. The SMILES string of the molecule is CC(Cn1ccnc1)NCc1ccc(C#N)s1. The highest BCUT2D eigenvalue weighted by atomic mass is 32.1. The highest BCUT2D eigenvalue weighted by Crippen LogP contribution is 2.14. The van der Waals surface area contributed by atoms with Crippen LogP contribution in [-0.2, 0) is 13.1 Å². The molecule has 2 aromatic rings. The van der Waals surface area contributed by atoms with Crippen LogP contribution in [0.2, 0.25) is 0 Å². The largest absolute Gasteiger partial charge is 0.336 e. The Morgan fingerprint density at radius 1 is 1.59 bits per heavy atom. The lowest BCUT2D eigenvalue weighted by Crippen LogP contribution is -2.29. The Morgan fingerprint density at radius 3 is 3.12 bits per heavy atom. The zero-order chi connectivity index (χ0) is 12.1. The molecule has 0 aromatic carbocycles. The van der Waals surface area contributed by atoms with Crippen LogP contribution in [0.25, 0.3) is 0 Å². The molecule has 88 valence electrons. The lowest BCUT2D eigenvalue weighted by atomic mass is 10.3. The quantitative estimate of drug-likeness (QED) is 0.878. The van der Waals surface area contributed by atoms with Crippen molar-refractivity contribution in [3.63, 3.8) is 0 Å². The van der Waals surface area contributed by atoms with E-state index >= 15 is 0 Å². The fourth-order valence-electron chi connectivity index (χ4n) is 1.58. The predicted molar refractivity (Wildman–Crippen MR) is 67.6 cm³/mol. The van der Waals surface area contributed by atoms with Gasteiger partial charge in [-0.15, -0.1) is 11.3 Å². The molecule has 2 heterocycles. The van der Waals surface area contributed by atoms with Gasteiger partial charge in [0.25, 0.3) is 0 Å². The number of imidazole rings is 1. The molecule has 1 N–H and O–H groups in total. The second-order valence-electron chi connectivity index (χ2n) is 3.92. The monoisotopic (exact) mass is 246 g/mol. The molecule has 2 rings (SSSR count). The van der Waals surface area contributed by atoms with E-state index in [4.69, 9.17) is 5.26 Å². The van der Waals surface area contributed by atoms with Crippen molar-refractivity contribution < 1.29 is 0 Å². The third-order valence-electron chi connectivity index (χ3n) is 2.44. The van der Waals surface area contributed by atoms with Crippen LogP contribution in [0, 0.1) is 11.3 Å². The molecule has 17 heavy (non-hydrogen) atoms. The van der Waals surface area contributed by atoms with Crippen molar-refractivity contribution in [2.45, 2.75) is 26.1 Å². The third kappa shape index (κ3) is 3.41. The standard InChI is InChI=1S/C12H14N4S/c1-10(8-16-5-4-14-9-16)15-7-12-3-2-11(6-13)17-12/h2-5,9-10,15H,7-8H2,1H3.